The number of benzene rings is 2. The van der Waals surface area contributed by atoms with E-state index in [0.29, 0.717) is 22.6 Å². The van der Waals surface area contributed by atoms with Crippen molar-refractivity contribution in [1.82, 2.24) is 4.90 Å². The van der Waals surface area contributed by atoms with E-state index in [1.807, 2.05) is 0 Å². The number of para-hydroxylation sites is 1. The molecule has 27 heavy (non-hydrogen) atoms. The van der Waals surface area contributed by atoms with Crippen molar-refractivity contribution >= 4 is 11.6 Å². The lowest BCUT2D eigenvalue weighted by Gasteiger charge is -2.38. The van der Waals surface area contributed by atoms with Crippen molar-refractivity contribution in [3.05, 3.63) is 89.4 Å². The van der Waals surface area contributed by atoms with E-state index in [2.05, 4.69) is 5.32 Å². The molecule has 138 valence electrons. The maximum atomic E-state index is 13.1. The van der Waals surface area contributed by atoms with Crippen molar-refractivity contribution in [2.24, 2.45) is 0 Å². The van der Waals surface area contributed by atoms with Crippen LogP contribution in [0.2, 0.25) is 0 Å². The van der Waals surface area contributed by atoms with Crippen molar-refractivity contribution in [2.75, 3.05) is 5.32 Å². The average molecular weight is 372 g/mol. The predicted molar refractivity (Wildman–Crippen MR) is 92.8 cm³/mol. The molecule has 1 N–H and O–H groups in total. The summed E-state index contributed by atoms with van der Waals surface area (Å²) < 4.78 is 44.7. The van der Waals surface area contributed by atoms with Gasteiger partial charge in [0.1, 0.15) is 11.9 Å². The van der Waals surface area contributed by atoms with Gasteiger partial charge < -0.3 is 14.6 Å². The van der Waals surface area contributed by atoms with Gasteiger partial charge >= 0.3 is 6.18 Å². The highest BCUT2D eigenvalue weighted by atomic mass is 19.4. The van der Waals surface area contributed by atoms with Gasteiger partial charge in [0.05, 0.1) is 23.9 Å². The van der Waals surface area contributed by atoms with Gasteiger partial charge in [0.25, 0.3) is 5.91 Å². The minimum Gasteiger partial charge on any atom is -0.467 e. The topological polar surface area (TPSA) is 45.5 Å². The molecule has 0 aliphatic carbocycles. The Bertz CT molecular complexity index is 967. The molecule has 0 fully saturated rings. The van der Waals surface area contributed by atoms with Crippen LogP contribution in [0.5, 0.6) is 0 Å². The molecule has 1 amide bonds. The van der Waals surface area contributed by atoms with Crippen LogP contribution in [0.3, 0.4) is 0 Å². The molecule has 2 heterocycles. The molecule has 1 atom stereocenters. The number of halogens is 3. The number of carbonyl (C=O) groups excluding carboxylic acids is 1. The second-order valence-electron chi connectivity index (χ2n) is 6.23. The Morgan fingerprint density at radius 2 is 1.85 bits per heavy atom. The Morgan fingerprint density at radius 3 is 2.59 bits per heavy atom. The van der Waals surface area contributed by atoms with Gasteiger partial charge in [0.2, 0.25) is 0 Å². The second kappa shape index (κ2) is 6.50. The number of hydrogen-bond donors (Lipinski definition) is 1. The number of amides is 1. The molecule has 4 rings (SSSR count). The van der Waals surface area contributed by atoms with E-state index in [1.54, 1.807) is 42.5 Å². The lowest BCUT2D eigenvalue weighted by molar-refractivity contribution is -0.137. The van der Waals surface area contributed by atoms with Crippen LogP contribution in [0, 0.1) is 0 Å². The van der Waals surface area contributed by atoms with Gasteiger partial charge in [0, 0.05) is 5.69 Å². The van der Waals surface area contributed by atoms with Gasteiger partial charge in [-0.1, -0.05) is 24.3 Å². The molecular weight excluding hydrogens is 357 g/mol. The molecule has 2 aromatic carbocycles. The number of anilines is 1. The summed E-state index contributed by atoms with van der Waals surface area (Å²) in [7, 11) is 0. The van der Waals surface area contributed by atoms with Crippen molar-refractivity contribution in [1.29, 1.82) is 0 Å². The molecule has 1 aliphatic heterocycles. The third kappa shape index (κ3) is 3.28. The van der Waals surface area contributed by atoms with E-state index in [-0.39, 0.29) is 12.5 Å². The summed E-state index contributed by atoms with van der Waals surface area (Å²) in [5, 5.41) is 3.18. The molecule has 0 saturated heterocycles. The van der Waals surface area contributed by atoms with Crippen LogP contribution in [0.25, 0.3) is 0 Å². The summed E-state index contributed by atoms with van der Waals surface area (Å²) >= 11 is 0. The minimum atomic E-state index is -4.46. The van der Waals surface area contributed by atoms with Gasteiger partial charge in [-0.05, 0) is 42.0 Å². The van der Waals surface area contributed by atoms with Crippen LogP contribution in [0.1, 0.15) is 33.4 Å². The van der Waals surface area contributed by atoms with E-state index in [1.165, 1.54) is 17.2 Å². The Balaban J connectivity index is 1.77. The largest absolute Gasteiger partial charge is 0.467 e. The quantitative estimate of drug-likeness (QED) is 0.699. The number of carbonyl (C=O) groups is 1. The predicted octanol–water partition coefficient (Wildman–Crippen LogP) is 5.07. The zero-order valence-corrected chi connectivity index (χ0v) is 14.0. The highest BCUT2D eigenvalue weighted by Crippen LogP contribution is 2.36. The molecule has 0 saturated carbocycles. The maximum Gasteiger partial charge on any atom is 0.416 e. The smallest absolute Gasteiger partial charge is 0.416 e. The van der Waals surface area contributed by atoms with Gasteiger partial charge in [-0.15, -0.1) is 0 Å². The van der Waals surface area contributed by atoms with E-state index in [0.717, 1.165) is 12.1 Å². The normalized spacial score (nSPS) is 16.8. The van der Waals surface area contributed by atoms with Crippen LogP contribution in [0.4, 0.5) is 18.9 Å². The number of nitrogens with one attached hydrogen (secondary N) is 1. The van der Waals surface area contributed by atoms with Gasteiger partial charge in [-0.25, -0.2) is 0 Å². The third-order valence-electron chi connectivity index (χ3n) is 4.46. The number of fused-ring (bicyclic) bond motifs is 1. The molecule has 0 radical (unpaired) electrons. The fraction of sp³-hybridized carbons (Fsp3) is 0.150. The first-order valence-corrected chi connectivity index (χ1v) is 8.29. The standard InChI is InChI=1S/C20H15F3N2O2/c21-20(22,23)14-6-3-5-13(11-14)18-24-17-9-2-1-8-16(17)19(26)25(18)12-15-7-4-10-27-15/h1-11,18,24H,12H2/t18-/m1/s1. The monoisotopic (exact) mass is 372 g/mol. The van der Waals surface area contributed by atoms with Crippen LogP contribution in [-0.4, -0.2) is 10.8 Å². The summed E-state index contributed by atoms with van der Waals surface area (Å²) in [4.78, 5) is 14.5. The highest BCUT2D eigenvalue weighted by molar-refractivity contribution is 6.01. The van der Waals surface area contributed by atoms with Crippen LogP contribution >= 0.6 is 0 Å². The first-order valence-electron chi connectivity index (χ1n) is 8.29. The molecular formula is C20H15F3N2O2. The Morgan fingerprint density at radius 1 is 1.04 bits per heavy atom. The van der Waals surface area contributed by atoms with Crippen LogP contribution in [-0.2, 0) is 12.7 Å². The maximum absolute atomic E-state index is 13.1. The zero-order chi connectivity index (χ0) is 19.0. The summed E-state index contributed by atoms with van der Waals surface area (Å²) in [6.07, 6.45) is -3.72. The number of furan rings is 1. The Labute approximate surface area is 153 Å². The third-order valence-corrected chi connectivity index (χ3v) is 4.46. The van der Waals surface area contributed by atoms with Crippen LogP contribution < -0.4 is 5.32 Å². The van der Waals surface area contributed by atoms with E-state index < -0.39 is 17.9 Å². The van der Waals surface area contributed by atoms with Gasteiger partial charge in [-0.3, -0.25) is 4.79 Å². The first-order chi connectivity index (χ1) is 12.9. The summed E-state index contributed by atoms with van der Waals surface area (Å²) in [6, 6.07) is 15.3. The Hall–Kier alpha value is -3.22. The highest BCUT2D eigenvalue weighted by Gasteiger charge is 2.35. The molecule has 1 aliphatic rings. The minimum absolute atomic E-state index is 0.133. The van der Waals surface area contributed by atoms with Crippen molar-refractivity contribution in [3.8, 4) is 0 Å². The molecule has 3 aromatic rings. The Kier molecular flexibility index (Phi) is 4.14. The molecule has 0 bridgehead atoms. The van der Waals surface area contributed by atoms with Crippen molar-refractivity contribution in [3.63, 3.8) is 0 Å². The van der Waals surface area contributed by atoms with Gasteiger partial charge in [-0.2, -0.15) is 13.2 Å². The number of rotatable bonds is 3. The fourth-order valence-electron chi connectivity index (χ4n) is 3.17. The number of hydrogen-bond acceptors (Lipinski definition) is 3. The van der Waals surface area contributed by atoms with Crippen LogP contribution in [0.15, 0.2) is 71.3 Å². The second-order valence-corrected chi connectivity index (χ2v) is 6.23. The van der Waals surface area contributed by atoms with Crippen molar-refractivity contribution in [2.45, 2.75) is 18.9 Å². The van der Waals surface area contributed by atoms with Gasteiger partial charge in [0.15, 0.2) is 0 Å². The fourth-order valence-corrected chi connectivity index (χ4v) is 3.17. The molecule has 1 aromatic heterocycles. The summed E-state index contributed by atoms with van der Waals surface area (Å²) in [5.74, 6) is 0.268. The average Bonchev–Trinajstić information content (AvgIpc) is 3.16. The number of nitrogens with zero attached hydrogens (tertiary/aromatic N) is 1. The summed E-state index contributed by atoms with van der Waals surface area (Å²) in [6.45, 7) is 0.133. The lowest BCUT2D eigenvalue weighted by Crippen LogP contribution is -2.42. The zero-order valence-electron chi connectivity index (χ0n) is 14.0. The molecule has 0 spiro atoms. The van der Waals surface area contributed by atoms with Crippen molar-refractivity contribution < 1.29 is 22.4 Å². The first kappa shape index (κ1) is 17.2. The number of alkyl halides is 3. The van der Waals surface area contributed by atoms with E-state index in [9.17, 15) is 18.0 Å². The molecule has 7 heteroatoms. The van der Waals surface area contributed by atoms with E-state index in [4.69, 9.17) is 4.42 Å². The molecule has 0 unspecified atom stereocenters. The molecule has 4 nitrogen and oxygen atoms in total. The lowest BCUT2D eigenvalue weighted by atomic mass is 10.0. The summed E-state index contributed by atoms with van der Waals surface area (Å²) in [5.41, 5.74) is 0.637. The van der Waals surface area contributed by atoms with E-state index >= 15 is 0 Å². The SMILES string of the molecule is O=C1c2ccccc2N[C@@H](c2cccc(C(F)(F)F)c2)N1Cc1ccco1.